The molecule has 26 heavy (non-hydrogen) atoms. The van der Waals surface area contributed by atoms with E-state index in [0.29, 0.717) is 64.2 Å². The summed E-state index contributed by atoms with van der Waals surface area (Å²) >= 11 is 0. The molecule has 0 aliphatic heterocycles. The molecular weight excluding hydrogens is 344 g/mol. The molecule has 0 saturated carbocycles. The van der Waals surface area contributed by atoms with E-state index in [2.05, 4.69) is 10.2 Å². The van der Waals surface area contributed by atoms with Gasteiger partial charge in [-0.25, -0.2) is 24.4 Å². The zero-order chi connectivity index (χ0) is 18.6. The van der Waals surface area contributed by atoms with Gasteiger partial charge in [-0.3, -0.25) is 0 Å². The summed E-state index contributed by atoms with van der Waals surface area (Å²) < 4.78 is 22.4. The molecule has 1 aromatic carbocycles. The van der Waals surface area contributed by atoms with Crippen molar-refractivity contribution < 1.29 is 18.9 Å². The highest BCUT2D eigenvalue weighted by Crippen LogP contribution is 2.13. The number of aromatic nitrogens is 3. The third kappa shape index (κ3) is 6.48. The molecule has 1 heterocycles. The zero-order valence-electron chi connectivity index (χ0n) is 14.4. The van der Waals surface area contributed by atoms with Crippen molar-refractivity contribution >= 4 is 0 Å². The summed E-state index contributed by atoms with van der Waals surface area (Å²) in [5, 5.41) is 4.45. The summed E-state index contributed by atoms with van der Waals surface area (Å²) in [5.41, 5.74) is 4.70. The Morgan fingerprint density at radius 3 is 1.81 bits per heavy atom. The van der Waals surface area contributed by atoms with Crippen LogP contribution in [0.4, 0.5) is 0 Å². The van der Waals surface area contributed by atoms with Crippen molar-refractivity contribution in [3.05, 3.63) is 45.2 Å². The third-order valence-corrected chi connectivity index (χ3v) is 3.28. The lowest BCUT2D eigenvalue weighted by molar-refractivity contribution is 0.0106. The van der Waals surface area contributed by atoms with E-state index in [-0.39, 0.29) is 0 Å². The van der Waals surface area contributed by atoms with Crippen LogP contribution in [-0.4, -0.2) is 67.6 Å². The Bertz CT molecular complexity index is 709. The van der Waals surface area contributed by atoms with Crippen molar-refractivity contribution in [1.29, 1.82) is 0 Å². The third-order valence-electron chi connectivity index (χ3n) is 3.28. The maximum absolute atomic E-state index is 11.5. The molecule has 0 spiro atoms. The SMILES string of the molecule is NCCOCCOCCOCCOc1ccc(-n2c(=O)[nH][nH]c2=O)cc1. The molecule has 10 heteroatoms. The van der Waals surface area contributed by atoms with Crippen LogP contribution in [0.2, 0.25) is 0 Å². The molecular formula is C16H24N4O6. The van der Waals surface area contributed by atoms with Crippen molar-refractivity contribution in [2.75, 3.05) is 52.8 Å². The van der Waals surface area contributed by atoms with Gasteiger partial charge in [-0.2, -0.15) is 0 Å². The van der Waals surface area contributed by atoms with Gasteiger partial charge in [-0.15, -0.1) is 0 Å². The van der Waals surface area contributed by atoms with Crippen LogP contribution in [0.15, 0.2) is 33.9 Å². The number of nitrogens with two attached hydrogens (primary N) is 1. The largest absolute Gasteiger partial charge is 0.491 e. The number of ether oxygens (including phenoxy) is 4. The van der Waals surface area contributed by atoms with Gasteiger partial charge in [-0.05, 0) is 24.3 Å². The summed E-state index contributed by atoms with van der Waals surface area (Å²) in [6.07, 6.45) is 0. The fourth-order valence-electron chi connectivity index (χ4n) is 2.08. The Morgan fingerprint density at radius 2 is 1.27 bits per heavy atom. The molecule has 0 bridgehead atoms. The first-order chi connectivity index (χ1) is 12.7. The highest BCUT2D eigenvalue weighted by molar-refractivity contribution is 5.36. The van der Waals surface area contributed by atoms with Crippen LogP contribution in [0, 0.1) is 0 Å². The summed E-state index contributed by atoms with van der Waals surface area (Å²) in [6.45, 7) is 3.84. The van der Waals surface area contributed by atoms with Gasteiger partial charge in [0.25, 0.3) is 0 Å². The normalized spacial score (nSPS) is 11.0. The average Bonchev–Trinajstić information content (AvgIpc) is 2.99. The highest BCUT2D eigenvalue weighted by atomic mass is 16.6. The minimum atomic E-state index is -0.523. The summed E-state index contributed by atoms with van der Waals surface area (Å²) in [7, 11) is 0. The standard InChI is InChI=1S/C16H24N4O6/c17-5-6-23-7-8-24-9-10-25-11-12-26-14-3-1-13(2-4-14)20-15(21)18-19-16(20)22/h1-4H,5-12,17H2,(H,18,21)(H,19,22). The molecule has 0 amide bonds. The lowest BCUT2D eigenvalue weighted by Crippen LogP contribution is -2.24. The number of benzene rings is 1. The zero-order valence-corrected chi connectivity index (χ0v) is 14.4. The van der Waals surface area contributed by atoms with E-state index in [4.69, 9.17) is 24.7 Å². The number of nitrogens with one attached hydrogen (secondary N) is 2. The molecule has 144 valence electrons. The average molecular weight is 368 g/mol. The van der Waals surface area contributed by atoms with E-state index >= 15 is 0 Å². The van der Waals surface area contributed by atoms with Gasteiger partial charge in [0.1, 0.15) is 12.4 Å². The predicted molar refractivity (Wildman–Crippen MR) is 94.0 cm³/mol. The molecule has 0 aliphatic rings. The molecule has 0 atom stereocenters. The summed E-state index contributed by atoms with van der Waals surface area (Å²) in [4.78, 5) is 23.0. The molecule has 0 unspecified atom stereocenters. The van der Waals surface area contributed by atoms with Gasteiger partial charge in [0, 0.05) is 6.54 Å². The highest BCUT2D eigenvalue weighted by Gasteiger charge is 2.05. The van der Waals surface area contributed by atoms with Crippen LogP contribution in [0.3, 0.4) is 0 Å². The number of nitrogens with zero attached hydrogens (tertiary/aromatic N) is 1. The Balaban J connectivity index is 1.58. The van der Waals surface area contributed by atoms with Crippen molar-refractivity contribution in [1.82, 2.24) is 14.8 Å². The molecule has 1 aromatic heterocycles. The lowest BCUT2D eigenvalue weighted by atomic mass is 10.3. The fourth-order valence-corrected chi connectivity index (χ4v) is 2.08. The quantitative estimate of drug-likeness (QED) is 0.396. The van der Waals surface area contributed by atoms with Gasteiger partial charge < -0.3 is 24.7 Å². The second-order valence-corrected chi connectivity index (χ2v) is 5.16. The summed E-state index contributed by atoms with van der Waals surface area (Å²) in [5.74, 6) is 0.616. The van der Waals surface area contributed by atoms with Crippen LogP contribution in [0.1, 0.15) is 0 Å². The minimum absolute atomic E-state index is 0.379. The molecule has 0 aliphatic carbocycles. The van der Waals surface area contributed by atoms with Gasteiger partial charge in [0.05, 0.1) is 45.3 Å². The molecule has 2 rings (SSSR count). The maximum Gasteiger partial charge on any atom is 0.348 e. The Labute approximate surface area is 149 Å². The number of hydrogen-bond donors (Lipinski definition) is 3. The number of rotatable bonds is 13. The van der Waals surface area contributed by atoms with E-state index in [1.165, 1.54) is 0 Å². The Kier molecular flexibility index (Phi) is 8.63. The van der Waals surface area contributed by atoms with E-state index in [1.807, 2.05) is 0 Å². The van der Waals surface area contributed by atoms with E-state index in [9.17, 15) is 9.59 Å². The maximum atomic E-state index is 11.5. The Morgan fingerprint density at radius 1 is 0.769 bits per heavy atom. The van der Waals surface area contributed by atoms with E-state index in [1.54, 1.807) is 24.3 Å². The molecule has 0 radical (unpaired) electrons. The second-order valence-electron chi connectivity index (χ2n) is 5.16. The molecule has 4 N–H and O–H groups in total. The first-order valence-corrected chi connectivity index (χ1v) is 8.28. The van der Waals surface area contributed by atoms with Gasteiger partial charge >= 0.3 is 11.4 Å². The lowest BCUT2D eigenvalue weighted by Gasteiger charge is -2.08. The van der Waals surface area contributed by atoms with Crippen molar-refractivity contribution in [2.45, 2.75) is 0 Å². The van der Waals surface area contributed by atoms with Gasteiger partial charge in [0.15, 0.2) is 0 Å². The molecule has 10 nitrogen and oxygen atoms in total. The molecule has 0 fully saturated rings. The number of hydrogen-bond acceptors (Lipinski definition) is 7. The van der Waals surface area contributed by atoms with Crippen LogP contribution >= 0.6 is 0 Å². The van der Waals surface area contributed by atoms with Gasteiger partial charge in [-0.1, -0.05) is 0 Å². The van der Waals surface area contributed by atoms with Gasteiger partial charge in [0.2, 0.25) is 0 Å². The monoisotopic (exact) mass is 368 g/mol. The van der Waals surface area contributed by atoms with Crippen LogP contribution in [0.25, 0.3) is 5.69 Å². The predicted octanol–water partition coefficient (Wildman–Crippen LogP) is -0.759. The fraction of sp³-hybridized carbons (Fsp3) is 0.500. The van der Waals surface area contributed by atoms with Crippen LogP contribution in [-0.2, 0) is 14.2 Å². The first-order valence-electron chi connectivity index (χ1n) is 8.28. The van der Waals surface area contributed by atoms with Crippen molar-refractivity contribution in [3.8, 4) is 11.4 Å². The smallest absolute Gasteiger partial charge is 0.348 e. The summed E-state index contributed by atoms with van der Waals surface area (Å²) in [6, 6.07) is 6.61. The molecule has 0 saturated heterocycles. The number of H-pyrrole nitrogens is 2. The van der Waals surface area contributed by atoms with Crippen LogP contribution in [0.5, 0.6) is 5.75 Å². The van der Waals surface area contributed by atoms with Crippen LogP contribution < -0.4 is 21.9 Å². The Hall–Kier alpha value is -2.40. The van der Waals surface area contributed by atoms with Crippen molar-refractivity contribution in [3.63, 3.8) is 0 Å². The molecule has 2 aromatic rings. The van der Waals surface area contributed by atoms with E-state index in [0.717, 1.165) is 4.57 Å². The number of aromatic amines is 2. The minimum Gasteiger partial charge on any atom is -0.491 e. The van der Waals surface area contributed by atoms with E-state index < -0.39 is 11.4 Å². The topological polar surface area (TPSA) is 134 Å². The first kappa shape index (κ1) is 19.9. The van der Waals surface area contributed by atoms with Crippen molar-refractivity contribution in [2.24, 2.45) is 5.73 Å². The second kappa shape index (κ2) is 11.3.